The molecule has 0 fully saturated rings. The van der Waals surface area contributed by atoms with Crippen LogP contribution >= 0.6 is 15.9 Å². The zero-order valence-electron chi connectivity index (χ0n) is 11.5. The molecule has 0 heterocycles. The van der Waals surface area contributed by atoms with Crippen molar-refractivity contribution in [2.24, 2.45) is 0 Å². The van der Waals surface area contributed by atoms with Crippen LogP contribution in [0.3, 0.4) is 0 Å². The average molecular weight is 316 g/mol. The van der Waals surface area contributed by atoms with E-state index in [0.29, 0.717) is 6.61 Å². The smallest absolute Gasteiger partial charge is 0.137 e. The second-order valence-electron chi connectivity index (χ2n) is 4.82. The van der Waals surface area contributed by atoms with Crippen LogP contribution in [-0.4, -0.2) is 26.4 Å². The van der Waals surface area contributed by atoms with Gasteiger partial charge in [0.2, 0.25) is 0 Å². The molecule has 0 saturated carbocycles. The van der Waals surface area contributed by atoms with E-state index in [1.165, 1.54) is 0 Å². The van der Waals surface area contributed by atoms with E-state index >= 15 is 0 Å². The second-order valence-corrected chi connectivity index (χ2v) is 5.68. The van der Waals surface area contributed by atoms with Crippen LogP contribution in [0.15, 0.2) is 22.7 Å². The lowest BCUT2D eigenvalue weighted by atomic mass is 10.1. The van der Waals surface area contributed by atoms with E-state index in [-0.39, 0.29) is 5.60 Å². The Morgan fingerprint density at radius 3 is 2.67 bits per heavy atom. The molecule has 0 unspecified atom stereocenters. The van der Waals surface area contributed by atoms with Crippen LogP contribution in [0.4, 0.5) is 0 Å². The minimum atomic E-state index is -0.148. The Morgan fingerprint density at radius 2 is 2.06 bits per heavy atom. The quantitative estimate of drug-likeness (QED) is 0.837. The number of rotatable bonds is 7. The molecule has 0 bridgehead atoms. The summed E-state index contributed by atoms with van der Waals surface area (Å²) in [6.07, 6.45) is 0.851. The van der Waals surface area contributed by atoms with E-state index < -0.39 is 0 Å². The third kappa shape index (κ3) is 4.59. The molecule has 4 heteroatoms. The predicted octanol–water partition coefficient (Wildman–Crippen LogP) is 3.36. The Bertz CT molecular complexity index is 380. The minimum Gasteiger partial charge on any atom is -0.492 e. The van der Waals surface area contributed by atoms with Gasteiger partial charge in [0.25, 0.3) is 0 Å². The summed E-state index contributed by atoms with van der Waals surface area (Å²) in [4.78, 5) is 0. The Labute approximate surface area is 118 Å². The molecule has 0 aromatic heterocycles. The molecule has 0 amide bonds. The van der Waals surface area contributed by atoms with Gasteiger partial charge < -0.3 is 14.8 Å². The maximum absolute atomic E-state index is 5.89. The molecule has 0 spiro atoms. The highest BCUT2D eigenvalue weighted by atomic mass is 79.9. The number of nitrogens with one attached hydrogen (secondary N) is 1. The van der Waals surface area contributed by atoms with Gasteiger partial charge in [-0.15, -0.1) is 0 Å². The van der Waals surface area contributed by atoms with Crippen molar-refractivity contribution in [3.05, 3.63) is 28.2 Å². The number of hydrogen-bond donors (Lipinski definition) is 1. The van der Waals surface area contributed by atoms with E-state index in [9.17, 15) is 0 Å². The van der Waals surface area contributed by atoms with Crippen LogP contribution in [0.2, 0.25) is 0 Å². The van der Waals surface area contributed by atoms with Gasteiger partial charge in [0.15, 0.2) is 0 Å². The molecule has 0 aliphatic heterocycles. The summed E-state index contributed by atoms with van der Waals surface area (Å²) in [5, 5.41) is 3.14. The monoisotopic (exact) mass is 315 g/mol. The largest absolute Gasteiger partial charge is 0.492 e. The topological polar surface area (TPSA) is 30.5 Å². The fourth-order valence-electron chi connectivity index (χ4n) is 1.55. The molecule has 1 aromatic carbocycles. The summed E-state index contributed by atoms with van der Waals surface area (Å²) in [6, 6.07) is 6.08. The van der Waals surface area contributed by atoms with Crippen molar-refractivity contribution in [1.82, 2.24) is 5.32 Å². The molecule has 1 aromatic rings. The zero-order chi connectivity index (χ0) is 13.6. The normalized spacial score (nSPS) is 11.6. The van der Waals surface area contributed by atoms with E-state index in [1.54, 1.807) is 7.11 Å². The van der Waals surface area contributed by atoms with Crippen molar-refractivity contribution in [3.8, 4) is 5.75 Å². The Morgan fingerprint density at radius 1 is 1.33 bits per heavy atom. The number of methoxy groups -OCH3 is 1. The van der Waals surface area contributed by atoms with Gasteiger partial charge in [-0.3, -0.25) is 0 Å². The number of para-hydroxylation sites is 1. The molecule has 1 rings (SSSR count). The highest BCUT2D eigenvalue weighted by Gasteiger charge is 2.17. The van der Waals surface area contributed by atoms with Gasteiger partial charge in [0.1, 0.15) is 5.75 Å². The number of ether oxygens (including phenoxy) is 2. The van der Waals surface area contributed by atoms with Crippen molar-refractivity contribution in [2.45, 2.75) is 32.4 Å². The van der Waals surface area contributed by atoms with Crippen molar-refractivity contribution in [1.29, 1.82) is 0 Å². The van der Waals surface area contributed by atoms with Crippen LogP contribution < -0.4 is 10.1 Å². The van der Waals surface area contributed by atoms with Gasteiger partial charge >= 0.3 is 0 Å². The molecular weight excluding hydrogens is 294 g/mol. The van der Waals surface area contributed by atoms with Gasteiger partial charge in [0.05, 0.1) is 16.7 Å². The lowest BCUT2D eigenvalue weighted by Gasteiger charge is -2.23. The summed E-state index contributed by atoms with van der Waals surface area (Å²) < 4.78 is 12.3. The zero-order valence-corrected chi connectivity index (χ0v) is 13.1. The van der Waals surface area contributed by atoms with Crippen molar-refractivity contribution < 1.29 is 9.47 Å². The fraction of sp³-hybridized carbons (Fsp3) is 0.571. The summed E-state index contributed by atoms with van der Waals surface area (Å²) in [6.45, 7) is 5.55. The lowest BCUT2D eigenvalue weighted by Crippen LogP contribution is -2.25. The average Bonchev–Trinajstić information content (AvgIpc) is 2.33. The summed E-state index contributed by atoms with van der Waals surface area (Å²) in [5.41, 5.74) is 1.01. The van der Waals surface area contributed by atoms with Crippen LogP contribution in [0.5, 0.6) is 5.75 Å². The van der Waals surface area contributed by atoms with Crippen LogP contribution in [-0.2, 0) is 11.3 Å². The first-order chi connectivity index (χ1) is 8.50. The van der Waals surface area contributed by atoms with Crippen LogP contribution in [0.25, 0.3) is 0 Å². The molecule has 3 nitrogen and oxygen atoms in total. The molecule has 0 aliphatic rings. The Hall–Kier alpha value is -0.580. The summed E-state index contributed by atoms with van der Waals surface area (Å²) in [7, 11) is 3.66. The van der Waals surface area contributed by atoms with Crippen LogP contribution in [0, 0.1) is 0 Å². The van der Waals surface area contributed by atoms with Crippen LogP contribution in [0.1, 0.15) is 25.8 Å². The predicted molar refractivity (Wildman–Crippen MR) is 78.1 cm³/mol. The molecule has 0 aliphatic carbocycles. The third-order valence-electron chi connectivity index (χ3n) is 2.92. The number of benzene rings is 1. The molecular formula is C14H22BrNO2. The molecule has 18 heavy (non-hydrogen) atoms. The first kappa shape index (κ1) is 15.5. The van der Waals surface area contributed by atoms with E-state index in [2.05, 4.69) is 41.2 Å². The SMILES string of the molecule is CNCc1cccc(Br)c1OCCC(C)(C)OC. The number of hydrogen-bond acceptors (Lipinski definition) is 3. The molecule has 102 valence electrons. The number of halogens is 1. The minimum absolute atomic E-state index is 0.148. The van der Waals surface area contributed by atoms with Crippen molar-refractivity contribution in [3.63, 3.8) is 0 Å². The maximum Gasteiger partial charge on any atom is 0.137 e. The summed E-state index contributed by atoms with van der Waals surface area (Å²) in [5.74, 6) is 0.916. The van der Waals surface area contributed by atoms with Gasteiger partial charge in [-0.25, -0.2) is 0 Å². The highest BCUT2D eigenvalue weighted by molar-refractivity contribution is 9.10. The first-order valence-corrected chi connectivity index (χ1v) is 6.89. The molecule has 1 N–H and O–H groups in total. The molecule has 0 radical (unpaired) electrons. The van der Waals surface area contributed by atoms with Crippen molar-refractivity contribution in [2.75, 3.05) is 20.8 Å². The fourth-order valence-corrected chi connectivity index (χ4v) is 2.07. The van der Waals surface area contributed by atoms with Crippen molar-refractivity contribution >= 4 is 15.9 Å². The third-order valence-corrected chi connectivity index (χ3v) is 3.54. The highest BCUT2D eigenvalue weighted by Crippen LogP contribution is 2.29. The Kier molecular flexibility index (Phi) is 6.12. The maximum atomic E-state index is 5.89. The molecule has 0 saturated heterocycles. The summed E-state index contributed by atoms with van der Waals surface area (Å²) >= 11 is 3.53. The lowest BCUT2D eigenvalue weighted by molar-refractivity contribution is 0.00531. The van der Waals surface area contributed by atoms with E-state index in [4.69, 9.17) is 9.47 Å². The van der Waals surface area contributed by atoms with E-state index in [0.717, 1.165) is 28.8 Å². The standard InChI is InChI=1S/C14H22BrNO2/c1-14(2,17-4)8-9-18-13-11(10-16-3)6-5-7-12(13)15/h5-7,16H,8-10H2,1-4H3. The molecule has 0 atom stereocenters. The van der Waals surface area contributed by atoms with Gasteiger partial charge in [-0.2, -0.15) is 0 Å². The Balaban J connectivity index is 2.66. The second kappa shape index (κ2) is 7.12. The first-order valence-electron chi connectivity index (χ1n) is 6.10. The van der Waals surface area contributed by atoms with Gasteiger partial charge in [0, 0.05) is 25.6 Å². The van der Waals surface area contributed by atoms with Gasteiger partial charge in [-0.1, -0.05) is 12.1 Å². The van der Waals surface area contributed by atoms with E-state index in [1.807, 2.05) is 19.2 Å². The van der Waals surface area contributed by atoms with Gasteiger partial charge in [-0.05, 0) is 42.9 Å².